The van der Waals surface area contributed by atoms with Crippen LogP contribution in [0.5, 0.6) is 5.75 Å². The molecule has 0 radical (unpaired) electrons. The van der Waals surface area contributed by atoms with Gasteiger partial charge in [-0.05, 0) is 59.8 Å². The average molecular weight is 624 g/mol. The Kier molecular flexibility index (Phi) is 7.47. The van der Waals surface area contributed by atoms with Crippen LogP contribution in [0.25, 0.3) is 33.5 Å². The summed E-state index contributed by atoms with van der Waals surface area (Å²) in [4.78, 5) is 37.2. The van der Waals surface area contributed by atoms with Crippen LogP contribution in [0.2, 0.25) is 0 Å². The molecule has 0 bridgehead atoms. The van der Waals surface area contributed by atoms with Crippen LogP contribution >= 0.6 is 0 Å². The summed E-state index contributed by atoms with van der Waals surface area (Å²) in [5, 5.41) is 18.3. The van der Waals surface area contributed by atoms with E-state index in [0.29, 0.717) is 43.1 Å². The molecule has 2 aliphatic heterocycles. The van der Waals surface area contributed by atoms with Crippen LogP contribution < -0.4 is 4.90 Å². The fourth-order valence-electron chi connectivity index (χ4n) is 6.81. The Labute approximate surface area is 266 Å². The van der Waals surface area contributed by atoms with E-state index in [0.717, 1.165) is 71.0 Å². The first kappa shape index (κ1) is 29.8. The zero-order valence-corrected chi connectivity index (χ0v) is 26.6. The molecule has 1 amide bonds. The maximum absolute atomic E-state index is 14.2. The Balaban J connectivity index is 1.08. The number of rotatable bonds is 5. The van der Waals surface area contributed by atoms with Crippen LogP contribution in [-0.4, -0.2) is 90.7 Å². The predicted octanol–water partition coefficient (Wildman–Crippen LogP) is 4.79. The number of amides is 1. The molecule has 3 N–H and O–H groups in total. The number of aromatic nitrogens is 6. The maximum Gasteiger partial charge on any atom is 0.274 e. The molecule has 2 aromatic carbocycles. The first-order chi connectivity index (χ1) is 22.1. The Morgan fingerprint density at radius 3 is 2.72 bits per heavy atom. The van der Waals surface area contributed by atoms with Gasteiger partial charge in [-0.3, -0.25) is 9.89 Å². The monoisotopic (exact) mass is 623 g/mol. The SMILES string of the molecule is CCc1cc(O)c(F)cc1-c1ccc2c(-c3nc4c([nH]3)CN(C(=O)c3cnc(N5CCN(C)CC(C)(C)C5)cn3)CC4)n[nH]c2c1. The largest absolute Gasteiger partial charge is 0.505 e. The van der Waals surface area contributed by atoms with Crippen LogP contribution in [0.15, 0.2) is 42.7 Å². The molecular weight excluding hydrogens is 585 g/mol. The van der Waals surface area contributed by atoms with Crippen molar-refractivity contribution in [2.45, 2.75) is 40.2 Å². The lowest BCUT2D eigenvalue weighted by atomic mass is 9.93. The molecule has 46 heavy (non-hydrogen) atoms. The summed E-state index contributed by atoms with van der Waals surface area (Å²) < 4.78 is 14.2. The van der Waals surface area contributed by atoms with Gasteiger partial charge < -0.3 is 24.8 Å². The highest BCUT2D eigenvalue weighted by Crippen LogP contribution is 2.34. The second-order valence-corrected chi connectivity index (χ2v) is 13.2. The molecule has 238 valence electrons. The molecule has 5 heterocycles. The first-order valence-electron chi connectivity index (χ1n) is 15.7. The van der Waals surface area contributed by atoms with Gasteiger partial charge in [-0.15, -0.1) is 0 Å². The van der Waals surface area contributed by atoms with E-state index in [1.54, 1.807) is 17.3 Å². The number of carbonyl (C=O) groups excluding carboxylic acids is 1. The van der Waals surface area contributed by atoms with Gasteiger partial charge >= 0.3 is 0 Å². The van der Waals surface area contributed by atoms with Crippen molar-refractivity contribution in [2.24, 2.45) is 5.41 Å². The number of carbonyl (C=O) groups is 1. The molecule has 0 aliphatic carbocycles. The Morgan fingerprint density at radius 2 is 1.93 bits per heavy atom. The number of nitrogens with one attached hydrogen (secondary N) is 2. The smallest absolute Gasteiger partial charge is 0.274 e. The number of benzene rings is 2. The number of imidazole rings is 1. The van der Waals surface area contributed by atoms with E-state index in [1.165, 1.54) is 12.1 Å². The molecule has 0 spiro atoms. The third-order valence-electron chi connectivity index (χ3n) is 9.02. The van der Waals surface area contributed by atoms with Gasteiger partial charge in [0.1, 0.15) is 17.2 Å². The number of phenols is 1. The van der Waals surface area contributed by atoms with Crippen molar-refractivity contribution in [3.63, 3.8) is 0 Å². The summed E-state index contributed by atoms with van der Waals surface area (Å²) in [5.41, 5.74) is 6.09. The van der Waals surface area contributed by atoms with Crippen molar-refractivity contribution in [1.29, 1.82) is 0 Å². The summed E-state index contributed by atoms with van der Waals surface area (Å²) >= 11 is 0. The summed E-state index contributed by atoms with van der Waals surface area (Å²) in [5.74, 6) is 0.253. The van der Waals surface area contributed by atoms with Crippen molar-refractivity contribution in [1.82, 2.24) is 39.9 Å². The number of aromatic amines is 2. The van der Waals surface area contributed by atoms with Crippen LogP contribution in [-0.2, 0) is 19.4 Å². The fraction of sp³-hybridized carbons (Fsp3) is 0.382. The van der Waals surface area contributed by atoms with E-state index in [1.807, 2.05) is 25.1 Å². The van der Waals surface area contributed by atoms with Crippen molar-refractivity contribution >= 4 is 22.6 Å². The standard InChI is InChI=1S/C34H38FN9O2/c1-5-20-13-29(45)24(35)14-23(20)21-6-7-22-26(12-21)40-41-31(22)32-38-25-8-9-43(17-28(25)39-32)33(46)27-15-37-30(16-36-27)44-11-10-42(4)18-34(2,3)19-44/h6-7,12-16,45H,5,8-11,17-19H2,1-4H3,(H,38,39)(H,40,41). The molecule has 0 unspecified atom stereocenters. The lowest BCUT2D eigenvalue weighted by Crippen LogP contribution is -2.37. The zero-order chi connectivity index (χ0) is 32.2. The minimum Gasteiger partial charge on any atom is -0.505 e. The number of aromatic hydroxyl groups is 1. The van der Waals surface area contributed by atoms with Gasteiger partial charge in [-0.25, -0.2) is 19.3 Å². The van der Waals surface area contributed by atoms with Crippen molar-refractivity contribution < 1.29 is 14.3 Å². The number of nitrogens with zero attached hydrogens (tertiary/aromatic N) is 7. The van der Waals surface area contributed by atoms with Crippen molar-refractivity contribution in [3.8, 4) is 28.4 Å². The van der Waals surface area contributed by atoms with Crippen LogP contribution in [0, 0.1) is 11.2 Å². The second-order valence-electron chi connectivity index (χ2n) is 13.2. The molecule has 2 aliphatic rings. The van der Waals surface area contributed by atoms with Gasteiger partial charge in [-0.2, -0.15) is 5.10 Å². The topological polar surface area (TPSA) is 130 Å². The van der Waals surface area contributed by atoms with Crippen LogP contribution in [0.1, 0.15) is 48.2 Å². The van der Waals surface area contributed by atoms with Crippen LogP contribution in [0.4, 0.5) is 10.2 Å². The van der Waals surface area contributed by atoms with E-state index in [2.05, 4.69) is 55.8 Å². The Hall–Kier alpha value is -4.84. The summed E-state index contributed by atoms with van der Waals surface area (Å²) in [6, 6.07) is 8.65. The van der Waals surface area contributed by atoms with Gasteiger partial charge in [0.2, 0.25) is 0 Å². The number of anilines is 1. The molecule has 0 atom stereocenters. The number of hydrogen-bond donors (Lipinski definition) is 3. The Bertz CT molecular complexity index is 1930. The molecular formula is C34H38FN9O2. The molecule has 1 saturated heterocycles. The minimum absolute atomic E-state index is 0.119. The minimum atomic E-state index is -0.652. The highest BCUT2D eigenvalue weighted by molar-refractivity contribution is 5.94. The van der Waals surface area contributed by atoms with Gasteiger partial charge in [0.05, 0.1) is 35.8 Å². The molecule has 0 saturated carbocycles. The summed E-state index contributed by atoms with van der Waals surface area (Å²) in [7, 11) is 2.14. The zero-order valence-electron chi connectivity index (χ0n) is 26.6. The number of likely N-dealkylation sites (N-methyl/N-ethyl adjacent to an activating group) is 1. The van der Waals surface area contributed by atoms with Crippen molar-refractivity contribution in [2.75, 3.05) is 44.7 Å². The molecule has 5 aromatic rings. The number of halogens is 1. The third kappa shape index (κ3) is 5.57. The highest BCUT2D eigenvalue weighted by atomic mass is 19.1. The van der Waals surface area contributed by atoms with E-state index in [-0.39, 0.29) is 17.1 Å². The number of phenolic OH excluding ortho intramolecular Hbond substituents is 1. The molecule has 1 fully saturated rings. The first-order valence-corrected chi connectivity index (χ1v) is 15.7. The number of H-pyrrole nitrogens is 2. The number of hydrogen-bond acceptors (Lipinski definition) is 8. The molecule has 11 nitrogen and oxygen atoms in total. The van der Waals surface area contributed by atoms with Crippen LogP contribution in [0.3, 0.4) is 0 Å². The fourth-order valence-corrected chi connectivity index (χ4v) is 6.81. The maximum atomic E-state index is 14.2. The van der Waals surface area contributed by atoms with E-state index in [4.69, 9.17) is 4.98 Å². The van der Waals surface area contributed by atoms with Gasteiger partial charge in [0, 0.05) is 44.5 Å². The van der Waals surface area contributed by atoms with Gasteiger partial charge in [0.15, 0.2) is 17.4 Å². The van der Waals surface area contributed by atoms with Gasteiger partial charge in [0.25, 0.3) is 5.91 Å². The predicted molar refractivity (Wildman–Crippen MR) is 174 cm³/mol. The molecule has 3 aromatic heterocycles. The number of aryl methyl sites for hydroxylation is 1. The summed E-state index contributed by atoms with van der Waals surface area (Å²) in [6.07, 6.45) is 4.57. The van der Waals surface area contributed by atoms with Crippen molar-refractivity contribution in [3.05, 3.63) is 71.2 Å². The average Bonchev–Trinajstić information content (AvgIpc) is 3.63. The normalized spacial score (nSPS) is 16.9. The summed E-state index contributed by atoms with van der Waals surface area (Å²) in [6.45, 7) is 11.1. The third-order valence-corrected chi connectivity index (χ3v) is 9.02. The lowest BCUT2D eigenvalue weighted by Gasteiger charge is -2.30. The van der Waals surface area contributed by atoms with E-state index >= 15 is 0 Å². The lowest BCUT2D eigenvalue weighted by molar-refractivity contribution is 0.0725. The Morgan fingerprint density at radius 1 is 1.09 bits per heavy atom. The molecule has 7 rings (SSSR count). The second kappa shape index (κ2) is 11.5. The number of fused-ring (bicyclic) bond motifs is 2. The van der Waals surface area contributed by atoms with E-state index < -0.39 is 5.82 Å². The quantitative estimate of drug-likeness (QED) is 0.255. The highest BCUT2D eigenvalue weighted by Gasteiger charge is 2.30. The van der Waals surface area contributed by atoms with E-state index in [9.17, 15) is 14.3 Å². The van der Waals surface area contributed by atoms with Gasteiger partial charge in [-0.1, -0.05) is 26.8 Å². The molecule has 12 heteroatoms.